The summed E-state index contributed by atoms with van der Waals surface area (Å²) in [5.74, 6) is 0. The maximum absolute atomic E-state index is 9.98. The molecule has 1 aliphatic heterocycles. The third-order valence-corrected chi connectivity index (χ3v) is 3.55. The largest absolute Gasteiger partial charge is 0.394 e. The normalized spacial score (nSPS) is 31.2. The number of aliphatic hydroxyl groups excluding tert-OH is 3. The topological polar surface area (TPSA) is 101 Å². The number of fused-ring (bicyclic) bond motifs is 1. The molecule has 1 saturated heterocycles. The number of aromatic nitrogens is 3. The van der Waals surface area contributed by atoms with Gasteiger partial charge in [-0.15, -0.1) is 0 Å². The molecule has 0 aromatic carbocycles. The standard InChI is InChI=1S/C11H12ClN3O4/c12-9-5-1-2-15(10(5)14-4-13-9)11-8(18)7(17)6(3-16)19-11/h1-2,4,6-8,11,16-18H,3H2/t6-,7+,8+,11-/m0/s1. The van der Waals surface area contributed by atoms with E-state index in [1.165, 1.54) is 6.33 Å². The Morgan fingerprint density at radius 3 is 2.79 bits per heavy atom. The smallest absolute Gasteiger partial charge is 0.164 e. The Bertz CT molecular complexity index is 605. The van der Waals surface area contributed by atoms with Crippen molar-refractivity contribution in [3.63, 3.8) is 0 Å². The highest BCUT2D eigenvalue weighted by molar-refractivity contribution is 6.33. The number of nitrogens with zero attached hydrogens (tertiary/aromatic N) is 3. The summed E-state index contributed by atoms with van der Waals surface area (Å²) in [5.41, 5.74) is 0.495. The van der Waals surface area contributed by atoms with E-state index >= 15 is 0 Å². The molecular formula is C11H12ClN3O4. The van der Waals surface area contributed by atoms with Gasteiger partial charge in [0.05, 0.1) is 12.0 Å². The van der Waals surface area contributed by atoms with Crippen LogP contribution in [0.15, 0.2) is 18.6 Å². The lowest BCUT2D eigenvalue weighted by Crippen LogP contribution is -2.33. The molecule has 3 heterocycles. The van der Waals surface area contributed by atoms with Crippen LogP contribution in [0.4, 0.5) is 0 Å². The van der Waals surface area contributed by atoms with Gasteiger partial charge in [0.25, 0.3) is 0 Å². The average molecular weight is 286 g/mol. The number of hydrogen-bond donors (Lipinski definition) is 3. The summed E-state index contributed by atoms with van der Waals surface area (Å²) in [6.45, 7) is -0.371. The molecule has 1 aliphatic rings. The van der Waals surface area contributed by atoms with E-state index in [4.69, 9.17) is 21.4 Å². The predicted molar refractivity (Wildman–Crippen MR) is 65.5 cm³/mol. The van der Waals surface area contributed by atoms with E-state index in [0.717, 1.165) is 0 Å². The number of rotatable bonds is 2. The molecule has 19 heavy (non-hydrogen) atoms. The van der Waals surface area contributed by atoms with Gasteiger partial charge in [0.15, 0.2) is 6.23 Å². The fourth-order valence-electron chi connectivity index (χ4n) is 2.26. The van der Waals surface area contributed by atoms with E-state index in [9.17, 15) is 10.2 Å². The van der Waals surface area contributed by atoms with E-state index in [2.05, 4.69) is 9.97 Å². The molecule has 1 fully saturated rings. The van der Waals surface area contributed by atoms with Gasteiger partial charge in [0, 0.05) is 6.20 Å². The van der Waals surface area contributed by atoms with Crippen LogP contribution in [0.5, 0.6) is 0 Å². The van der Waals surface area contributed by atoms with Crippen molar-refractivity contribution >= 4 is 22.6 Å². The summed E-state index contributed by atoms with van der Waals surface area (Å²) in [6.07, 6.45) is -0.995. The predicted octanol–water partition coefficient (Wildman–Crippen LogP) is -0.304. The zero-order chi connectivity index (χ0) is 13.6. The van der Waals surface area contributed by atoms with Crippen molar-refractivity contribution in [2.45, 2.75) is 24.5 Å². The van der Waals surface area contributed by atoms with Crippen LogP contribution in [0.1, 0.15) is 6.23 Å². The van der Waals surface area contributed by atoms with Gasteiger partial charge < -0.3 is 24.6 Å². The molecule has 0 amide bonds. The maximum Gasteiger partial charge on any atom is 0.164 e. The van der Waals surface area contributed by atoms with Crippen LogP contribution in [-0.4, -0.2) is 54.8 Å². The first-order chi connectivity index (χ1) is 9.13. The fraction of sp³-hybridized carbons (Fsp3) is 0.455. The van der Waals surface area contributed by atoms with Crippen molar-refractivity contribution in [1.82, 2.24) is 14.5 Å². The molecule has 0 radical (unpaired) electrons. The minimum Gasteiger partial charge on any atom is -0.394 e. The van der Waals surface area contributed by atoms with Crippen LogP contribution in [-0.2, 0) is 4.74 Å². The van der Waals surface area contributed by atoms with Gasteiger partial charge in [-0.05, 0) is 6.07 Å². The van der Waals surface area contributed by atoms with Crippen molar-refractivity contribution in [3.05, 3.63) is 23.7 Å². The lowest BCUT2D eigenvalue weighted by Gasteiger charge is -2.17. The summed E-state index contributed by atoms with van der Waals surface area (Å²) < 4.78 is 7.00. The molecule has 0 aliphatic carbocycles. The van der Waals surface area contributed by atoms with Crippen molar-refractivity contribution in [2.75, 3.05) is 6.61 Å². The lowest BCUT2D eigenvalue weighted by atomic mass is 10.1. The molecule has 102 valence electrons. The molecule has 0 spiro atoms. The van der Waals surface area contributed by atoms with Gasteiger partial charge in [-0.3, -0.25) is 0 Å². The van der Waals surface area contributed by atoms with Gasteiger partial charge >= 0.3 is 0 Å². The Kier molecular flexibility index (Phi) is 3.15. The zero-order valence-electron chi connectivity index (χ0n) is 9.72. The van der Waals surface area contributed by atoms with Gasteiger partial charge in [-0.2, -0.15) is 0 Å². The van der Waals surface area contributed by atoms with E-state index in [-0.39, 0.29) is 6.61 Å². The van der Waals surface area contributed by atoms with Crippen LogP contribution in [0.25, 0.3) is 11.0 Å². The summed E-state index contributed by atoms with van der Waals surface area (Å²) in [4.78, 5) is 7.95. The van der Waals surface area contributed by atoms with Crippen LogP contribution in [0.2, 0.25) is 5.15 Å². The molecule has 2 aromatic rings. The molecule has 3 N–H and O–H groups in total. The Hall–Kier alpha value is -1.25. The highest BCUT2D eigenvalue weighted by Crippen LogP contribution is 2.32. The summed E-state index contributed by atoms with van der Waals surface area (Å²) in [7, 11) is 0. The molecule has 0 bridgehead atoms. The highest BCUT2D eigenvalue weighted by atomic mass is 35.5. The number of hydrogen-bond acceptors (Lipinski definition) is 6. The van der Waals surface area contributed by atoms with Gasteiger partial charge in [0.1, 0.15) is 35.4 Å². The lowest BCUT2D eigenvalue weighted by molar-refractivity contribution is -0.0508. The summed E-state index contributed by atoms with van der Waals surface area (Å²) >= 11 is 5.94. The second kappa shape index (κ2) is 4.69. The summed E-state index contributed by atoms with van der Waals surface area (Å²) in [6, 6.07) is 1.70. The Morgan fingerprint density at radius 2 is 2.11 bits per heavy atom. The van der Waals surface area contributed by atoms with Crippen molar-refractivity contribution in [1.29, 1.82) is 0 Å². The van der Waals surface area contributed by atoms with Crippen LogP contribution < -0.4 is 0 Å². The summed E-state index contributed by atoms with van der Waals surface area (Å²) in [5, 5.41) is 29.7. The first-order valence-electron chi connectivity index (χ1n) is 5.73. The molecule has 3 rings (SSSR count). The monoisotopic (exact) mass is 285 g/mol. The second-order valence-corrected chi connectivity index (χ2v) is 4.71. The molecule has 0 unspecified atom stereocenters. The minimum absolute atomic E-state index is 0.301. The number of halogens is 1. The first-order valence-corrected chi connectivity index (χ1v) is 6.10. The SMILES string of the molecule is OC[C@@H]1O[C@H](n2ccc3c(Cl)ncnc32)[C@H](O)[C@@H]1O. The minimum atomic E-state index is -1.15. The van der Waals surface area contributed by atoms with Crippen LogP contribution in [0, 0.1) is 0 Å². The first kappa shape index (κ1) is 12.8. The molecule has 4 atom stereocenters. The molecular weight excluding hydrogens is 274 g/mol. The molecule has 0 saturated carbocycles. The van der Waals surface area contributed by atoms with E-state index in [1.54, 1.807) is 16.8 Å². The van der Waals surface area contributed by atoms with E-state index in [1.807, 2.05) is 0 Å². The zero-order valence-corrected chi connectivity index (χ0v) is 10.5. The molecule has 2 aromatic heterocycles. The van der Waals surface area contributed by atoms with Gasteiger partial charge in [-0.25, -0.2) is 9.97 Å². The van der Waals surface area contributed by atoms with E-state index in [0.29, 0.717) is 16.2 Å². The highest BCUT2D eigenvalue weighted by Gasteiger charge is 2.43. The molecule has 7 nitrogen and oxygen atoms in total. The number of aliphatic hydroxyl groups is 3. The third kappa shape index (κ3) is 1.90. The molecule has 8 heteroatoms. The Morgan fingerprint density at radius 1 is 1.32 bits per heavy atom. The second-order valence-electron chi connectivity index (χ2n) is 4.35. The van der Waals surface area contributed by atoms with Crippen molar-refractivity contribution in [3.8, 4) is 0 Å². The van der Waals surface area contributed by atoms with Gasteiger partial charge in [-0.1, -0.05) is 11.6 Å². The average Bonchev–Trinajstić information content (AvgIpc) is 2.94. The van der Waals surface area contributed by atoms with Gasteiger partial charge in [0.2, 0.25) is 0 Å². The van der Waals surface area contributed by atoms with E-state index < -0.39 is 24.5 Å². The maximum atomic E-state index is 9.98. The fourth-order valence-corrected chi connectivity index (χ4v) is 2.45. The van der Waals surface area contributed by atoms with Crippen molar-refractivity contribution < 1.29 is 20.1 Å². The van der Waals surface area contributed by atoms with Crippen LogP contribution >= 0.6 is 11.6 Å². The Labute approximate surface area is 113 Å². The third-order valence-electron chi connectivity index (χ3n) is 3.25. The number of ether oxygens (including phenoxy) is 1. The van der Waals surface area contributed by atoms with Crippen LogP contribution in [0.3, 0.4) is 0 Å². The Balaban J connectivity index is 2.04. The quantitative estimate of drug-likeness (QED) is 0.655. The van der Waals surface area contributed by atoms with Crippen molar-refractivity contribution in [2.24, 2.45) is 0 Å².